The third-order valence-electron chi connectivity index (χ3n) is 2.02. The summed E-state index contributed by atoms with van der Waals surface area (Å²) < 4.78 is 8.24. The Morgan fingerprint density at radius 2 is 1.23 bits per heavy atom. The van der Waals surface area contributed by atoms with Crippen LogP contribution in [0.25, 0.3) is 0 Å². The SMILES string of the molecule is O=C(NC(=S)Nc1ccccc1NC(=S)NC(=O)OS)OS. The van der Waals surface area contributed by atoms with E-state index in [1.165, 1.54) is 0 Å². The minimum absolute atomic E-state index is 0.0121. The van der Waals surface area contributed by atoms with Crippen molar-refractivity contribution in [3.63, 3.8) is 0 Å². The van der Waals surface area contributed by atoms with Crippen molar-refractivity contribution in [2.75, 3.05) is 10.6 Å². The molecule has 0 bridgehead atoms. The molecule has 0 fully saturated rings. The topological polar surface area (TPSA) is 101 Å². The molecule has 0 saturated heterocycles. The van der Waals surface area contributed by atoms with E-state index in [9.17, 15) is 9.59 Å². The van der Waals surface area contributed by atoms with Gasteiger partial charge in [0.2, 0.25) is 0 Å². The maximum absolute atomic E-state index is 11.0. The zero-order valence-electron chi connectivity index (χ0n) is 10.7. The second-order valence-electron chi connectivity index (χ2n) is 3.46. The smallest absolute Gasteiger partial charge is 0.378 e. The molecule has 0 atom stereocenters. The van der Waals surface area contributed by atoms with Gasteiger partial charge in [-0.25, -0.2) is 9.59 Å². The Balaban J connectivity index is 2.73. The molecule has 1 aromatic rings. The van der Waals surface area contributed by atoms with Gasteiger partial charge < -0.3 is 19.0 Å². The molecule has 0 saturated carbocycles. The lowest BCUT2D eigenvalue weighted by atomic mass is 10.2. The lowest BCUT2D eigenvalue weighted by Crippen LogP contribution is -2.35. The van der Waals surface area contributed by atoms with E-state index in [1.54, 1.807) is 24.3 Å². The molecule has 22 heavy (non-hydrogen) atoms. The Bertz CT molecular complexity index is 547. The number of anilines is 2. The van der Waals surface area contributed by atoms with E-state index < -0.39 is 12.2 Å². The molecular formula is C10H10N4O4S4. The number of nitrogens with one attached hydrogen (secondary N) is 4. The normalized spacial score (nSPS) is 9.18. The molecule has 1 aromatic carbocycles. The highest BCUT2D eigenvalue weighted by Gasteiger charge is 2.09. The zero-order valence-corrected chi connectivity index (χ0v) is 14.1. The first-order chi connectivity index (χ1) is 10.5. The van der Waals surface area contributed by atoms with E-state index in [-0.39, 0.29) is 10.2 Å². The predicted molar refractivity (Wildman–Crippen MR) is 96.1 cm³/mol. The third-order valence-corrected chi connectivity index (χ3v) is 2.76. The quantitative estimate of drug-likeness (QED) is 0.265. The molecule has 0 aliphatic rings. The van der Waals surface area contributed by atoms with Gasteiger partial charge in [-0.05, 0) is 36.6 Å². The van der Waals surface area contributed by atoms with Crippen LogP contribution in [0.2, 0.25) is 0 Å². The molecule has 0 radical (unpaired) electrons. The van der Waals surface area contributed by atoms with E-state index >= 15 is 0 Å². The molecule has 4 N–H and O–H groups in total. The van der Waals surface area contributed by atoms with E-state index in [2.05, 4.69) is 55.5 Å². The highest BCUT2D eigenvalue weighted by atomic mass is 32.1. The molecule has 0 aliphatic heterocycles. The van der Waals surface area contributed by atoms with Crippen molar-refractivity contribution in [2.24, 2.45) is 0 Å². The van der Waals surface area contributed by atoms with Crippen LogP contribution in [0.15, 0.2) is 24.3 Å². The van der Waals surface area contributed by atoms with Gasteiger partial charge in [-0.15, -0.1) is 0 Å². The van der Waals surface area contributed by atoms with Crippen LogP contribution in [0.1, 0.15) is 0 Å². The van der Waals surface area contributed by atoms with Crippen molar-refractivity contribution in [1.82, 2.24) is 10.6 Å². The highest BCUT2D eigenvalue weighted by Crippen LogP contribution is 2.20. The Morgan fingerprint density at radius 1 is 0.864 bits per heavy atom. The Kier molecular flexibility index (Phi) is 7.73. The van der Waals surface area contributed by atoms with Crippen LogP contribution in [0, 0.1) is 0 Å². The molecule has 0 unspecified atom stereocenters. The van der Waals surface area contributed by atoms with E-state index in [1.807, 2.05) is 0 Å². The fourth-order valence-electron chi connectivity index (χ4n) is 1.24. The summed E-state index contributed by atoms with van der Waals surface area (Å²) in [7, 11) is 0. The van der Waals surface area contributed by atoms with Gasteiger partial charge in [0.1, 0.15) is 0 Å². The van der Waals surface area contributed by atoms with Crippen molar-refractivity contribution in [3.05, 3.63) is 24.3 Å². The lowest BCUT2D eigenvalue weighted by Gasteiger charge is -2.14. The van der Waals surface area contributed by atoms with E-state index in [0.717, 1.165) is 0 Å². The van der Waals surface area contributed by atoms with Crippen LogP contribution in [-0.4, -0.2) is 22.4 Å². The number of hydrogen-bond acceptors (Lipinski definition) is 8. The van der Waals surface area contributed by atoms with Gasteiger partial charge in [-0.3, -0.25) is 10.6 Å². The summed E-state index contributed by atoms with van der Waals surface area (Å²) in [6, 6.07) is 6.79. The van der Waals surface area contributed by atoms with Crippen molar-refractivity contribution >= 4 is 84.0 Å². The second-order valence-corrected chi connectivity index (χ2v) is 4.64. The van der Waals surface area contributed by atoms with Gasteiger partial charge in [0.05, 0.1) is 11.4 Å². The van der Waals surface area contributed by atoms with Crippen molar-refractivity contribution < 1.29 is 18.0 Å². The number of amides is 2. The summed E-state index contributed by atoms with van der Waals surface area (Å²) >= 11 is 16.5. The molecule has 2 amide bonds. The van der Waals surface area contributed by atoms with Gasteiger partial charge in [0.25, 0.3) is 0 Å². The maximum atomic E-state index is 11.0. The van der Waals surface area contributed by atoms with Crippen LogP contribution in [-0.2, 0) is 8.37 Å². The zero-order chi connectivity index (χ0) is 16.5. The third kappa shape index (κ3) is 6.34. The standard InChI is InChI=1S/C10H10N4O4S4/c15-9(17-21)13-7(19)11-5-3-1-2-4-6(5)12-8(20)14-10(16)18-22/h1-4,21-22H,(H2,11,13,15,19)(H2,12,14,16,20). The average molecular weight is 378 g/mol. The summed E-state index contributed by atoms with van der Waals surface area (Å²) in [5.41, 5.74) is 0.991. The second kappa shape index (κ2) is 9.30. The van der Waals surface area contributed by atoms with Crippen LogP contribution in [0.3, 0.4) is 0 Å². The first kappa shape index (κ1) is 18.3. The monoisotopic (exact) mass is 378 g/mol. The predicted octanol–water partition coefficient (Wildman–Crippen LogP) is 2.22. The van der Waals surface area contributed by atoms with Crippen LogP contribution >= 0.6 is 50.3 Å². The first-order valence-electron chi connectivity index (χ1n) is 5.42. The summed E-state index contributed by atoms with van der Waals surface area (Å²) in [4.78, 5) is 22.0. The Labute approximate surface area is 147 Å². The first-order valence-corrected chi connectivity index (χ1v) is 6.96. The molecule has 0 aliphatic carbocycles. The Morgan fingerprint density at radius 3 is 1.55 bits per heavy atom. The van der Waals surface area contributed by atoms with Crippen LogP contribution in [0.5, 0.6) is 0 Å². The average Bonchev–Trinajstić information content (AvgIpc) is 2.48. The van der Waals surface area contributed by atoms with E-state index in [0.29, 0.717) is 11.4 Å². The van der Waals surface area contributed by atoms with Crippen molar-refractivity contribution in [2.45, 2.75) is 0 Å². The van der Waals surface area contributed by atoms with Crippen LogP contribution in [0.4, 0.5) is 21.0 Å². The fourth-order valence-corrected chi connectivity index (χ4v) is 1.72. The lowest BCUT2D eigenvalue weighted by molar-refractivity contribution is 0.213. The number of thiocarbonyl (C=S) groups is 2. The fraction of sp³-hybridized carbons (Fsp3) is 0. The van der Waals surface area contributed by atoms with Crippen molar-refractivity contribution in [3.8, 4) is 0 Å². The summed E-state index contributed by atoms with van der Waals surface area (Å²) in [6.45, 7) is 0. The number of carbonyl (C=O) groups is 2. The molecule has 1 rings (SSSR count). The molecular weight excluding hydrogens is 368 g/mol. The van der Waals surface area contributed by atoms with E-state index in [4.69, 9.17) is 24.4 Å². The molecule has 0 aromatic heterocycles. The Hall–Kier alpha value is -1.76. The van der Waals surface area contributed by atoms with Crippen molar-refractivity contribution in [1.29, 1.82) is 0 Å². The van der Waals surface area contributed by atoms with Crippen LogP contribution < -0.4 is 21.3 Å². The summed E-state index contributed by atoms with van der Waals surface area (Å²) in [5.74, 6) is 0. The highest BCUT2D eigenvalue weighted by molar-refractivity contribution is 7.80. The van der Waals surface area contributed by atoms with Gasteiger partial charge in [-0.2, -0.15) is 0 Å². The van der Waals surface area contributed by atoms with Gasteiger partial charge in [0.15, 0.2) is 10.2 Å². The number of para-hydroxylation sites is 2. The molecule has 0 heterocycles. The summed E-state index contributed by atoms with van der Waals surface area (Å²) in [6.07, 6.45) is -1.67. The molecule has 118 valence electrons. The largest absolute Gasteiger partial charge is 0.425 e. The minimum atomic E-state index is -0.833. The number of thiol groups is 2. The summed E-state index contributed by atoms with van der Waals surface area (Å²) in [5, 5.41) is 9.93. The number of rotatable bonds is 2. The molecule has 12 heteroatoms. The molecule has 8 nitrogen and oxygen atoms in total. The number of hydrogen-bond donors (Lipinski definition) is 6. The van der Waals surface area contributed by atoms with Gasteiger partial charge in [-0.1, -0.05) is 12.1 Å². The maximum Gasteiger partial charge on any atom is 0.425 e. The molecule has 0 spiro atoms. The van der Waals surface area contributed by atoms with Gasteiger partial charge in [0, 0.05) is 25.8 Å². The minimum Gasteiger partial charge on any atom is -0.378 e. The number of benzene rings is 1. The van der Waals surface area contributed by atoms with Gasteiger partial charge >= 0.3 is 12.2 Å². The number of carbonyl (C=O) groups excluding carboxylic acids is 2.